The third-order valence-corrected chi connectivity index (χ3v) is 12.4. The van der Waals surface area contributed by atoms with Gasteiger partial charge in [0.2, 0.25) is 11.5 Å². The van der Waals surface area contributed by atoms with E-state index in [-0.39, 0.29) is 139 Å². The Labute approximate surface area is 535 Å². The molecule has 0 radical (unpaired) electrons. The van der Waals surface area contributed by atoms with Gasteiger partial charge < -0.3 is 31.1 Å². The fourth-order valence-corrected chi connectivity index (χ4v) is 8.38. The van der Waals surface area contributed by atoms with Crippen LogP contribution in [-0.4, -0.2) is 77.9 Å². The van der Waals surface area contributed by atoms with Crippen molar-refractivity contribution in [3.63, 3.8) is 0 Å². The number of benzene rings is 8. The number of rotatable bonds is 14. The average molecular weight is 1230 g/mol. The fourth-order valence-electron chi connectivity index (χ4n) is 7.06. The first-order valence-electron chi connectivity index (χ1n) is 21.2. The minimum atomic E-state index is -5.06. The molecular weight excluding hydrogens is 1200 g/mol. The second kappa shape index (κ2) is 28.5. The Kier molecular flexibility index (Phi) is 23.9. The van der Waals surface area contributed by atoms with E-state index in [1.165, 1.54) is 36.4 Å². The average Bonchev–Trinajstić information content (AvgIpc) is 3.39. The molecule has 2 amide bonds. The maximum atomic E-state index is 12.4. The van der Waals surface area contributed by atoms with Crippen molar-refractivity contribution in [3.05, 3.63) is 185 Å². The number of nitrogens with zero attached hydrogens (tertiary/aromatic N) is 8. The number of phenolic OH excluding ortho intramolecular Hbond substituents is 4. The number of nitro groups is 4. The molecule has 8 N–H and O–H groups in total. The minimum absolute atomic E-state index is 0. The molecule has 8 rings (SSSR count). The summed E-state index contributed by atoms with van der Waals surface area (Å²) in [5.74, 6) is -4.76. The molecule has 0 aromatic heterocycles. The molecule has 0 spiro atoms. The van der Waals surface area contributed by atoms with Crippen LogP contribution in [0.2, 0.25) is 0 Å². The van der Waals surface area contributed by atoms with Crippen molar-refractivity contribution in [2.45, 2.75) is 9.79 Å². The van der Waals surface area contributed by atoms with Crippen molar-refractivity contribution in [2.24, 2.45) is 20.5 Å². The Balaban J connectivity index is 0.000000410. The van der Waals surface area contributed by atoms with Gasteiger partial charge >= 0.3 is 100 Å². The zero-order valence-corrected chi connectivity index (χ0v) is 50.8. The predicted octanol–water partition coefficient (Wildman–Crippen LogP) is 0.973. The van der Waals surface area contributed by atoms with Gasteiger partial charge in [-0.05, 0) is 83.6 Å². The van der Waals surface area contributed by atoms with E-state index >= 15 is 0 Å². The number of anilines is 2. The number of non-ortho nitro benzene ring substituents is 2. The second-order valence-electron chi connectivity index (χ2n) is 15.7. The number of hydrogen-bond donors (Lipinski definition) is 8. The van der Waals surface area contributed by atoms with Crippen LogP contribution in [0.5, 0.6) is 23.0 Å². The summed E-state index contributed by atoms with van der Waals surface area (Å²) in [6, 6.07) is 28.5. The van der Waals surface area contributed by atoms with E-state index in [1.807, 2.05) is 0 Å². The molecular formula is C46H30CrN10Na3O20S2+3. The SMILES string of the molecule is O=C(Nc1ccc2c(O)c(N=Nc3cc([N+](=O)[O-])cc([N+](=O)[O-])c3O)c(S(=O)(=O)O)cc2c1)c1ccccc1.O=C(Nc1ccc2c(O)c(N=Nc3cc([N+](=O)[O-])cc([N+](=O)[O-])c3O)c(S(=O)(=O)O)cc2c1)c1ccccc1.[Cr].[Na+].[Na+].[Na+]. The van der Waals surface area contributed by atoms with E-state index in [0.29, 0.717) is 35.4 Å². The van der Waals surface area contributed by atoms with Crippen molar-refractivity contribution in [1.29, 1.82) is 0 Å². The van der Waals surface area contributed by atoms with E-state index in [4.69, 9.17) is 0 Å². The number of phenols is 4. The van der Waals surface area contributed by atoms with Gasteiger partial charge in [-0.2, -0.15) is 16.8 Å². The number of carbonyl (C=O) groups is 2. The standard InChI is InChI=1S/2C23H15N5O10S.Cr.3Na/c2*29-21-16-7-6-14(24-23(31)12-4-2-1-3-5-12)8-13(16)9-19(39(36,37)38)20(21)26-25-17-10-15(27(32)33)11-18(22(17)30)28(34)35;;;;/h2*1-11,29-30H,(H,24,31)(H,36,37,38);;;;/q;;;3*+1. The van der Waals surface area contributed by atoms with Crippen molar-refractivity contribution in [1.82, 2.24) is 0 Å². The third kappa shape index (κ3) is 16.0. The van der Waals surface area contributed by atoms with Gasteiger partial charge in [0.1, 0.15) is 32.5 Å². The molecule has 0 bridgehead atoms. The summed E-state index contributed by atoms with van der Waals surface area (Å²) in [6.45, 7) is 0. The number of azo groups is 2. The Hall–Kier alpha value is -7.43. The topological polar surface area (TPSA) is 470 Å². The molecule has 0 aliphatic rings. The number of nitro benzene ring substituents is 4. The van der Waals surface area contributed by atoms with Gasteiger partial charge in [0.25, 0.3) is 43.4 Å². The van der Waals surface area contributed by atoms with Gasteiger partial charge in [-0.25, -0.2) is 0 Å². The Bertz CT molecular complexity index is 3910. The summed E-state index contributed by atoms with van der Waals surface area (Å²) in [5, 5.41) is 106. The van der Waals surface area contributed by atoms with E-state index in [9.17, 15) is 96.4 Å². The van der Waals surface area contributed by atoms with Crippen LogP contribution < -0.4 is 99.3 Å². The molecule has 82 heavy (non-hydrogen) atoms. The zero-order chi connectivity index (χ0) is 57.0. The number of hydrogen-bond acceptors (Lipinski definition) is 22. The van der Waals surface area contributed by atoms with Gasteiger partial charge in [0, 0.05) is 62.8 Å². The smallest absolute Gasteiger partial charge is 0.505 e. The van der Waals surface area contributed by atoms with E-state index in [2.05, 4.69) is 31.1 Å². The molecule has 30 nitrogen and oxygen atoms in total. The van der Waals surface area contributed by atoms with Crippen LogP contribution >= 0.6 is 0 Å². The first kappa shape index (κ1) is 68.8. The minimum Gasteiger partial charge on any atom is -0.505 e. The molecule has 36 heteroatoms. The van der Waals surface area contributed by atoms with Crippen LogP contribution in [0, 0.1) is 40.5 Å². The molecule has 0 fully saturated rings. The molecule has 402 valence electrons. The van der Waals surface area contributed by atoms with Crippen molar-refractivity contribution in [3.8, 4) is 23.0 Å². The molecule has 8 aromatic rings. The second-order valence-corrected chi connectivity index (χ2v) is 18.5. The summed E-state index contributed by atoms with van der Waals surface area (Å²) in [7, 11) is -10.1. The fraction of sp³-hybridized carbons (Fsp3) is 0. The first-order valence-corrected chi connectivity index (χ1v) is 24.0. The number of carbonyl (C=O) groups excluding carboxylic acids is 2. The number of amides is 2. The van der Waals surface area contributed by atoms with Crippen LogP contribution in [0.25, 0.3) is 21.5 Å². The van der Waals surface area contributed by atoms with E-state index < -0.39 is 130 Å². The number of fused-ring (bicyclic) bond motifs is 2. The molecule has 0 heterocycles. The summed E-state index contributed by atoms with van der Waals surface area (Å²) in [6.07, 6.45) is 0. The molecule has 0 saturated heterocycles. The van der Waals surface area contributed by atoms with Gasteiger partial charge in [-0.1, -0.05) is 36.4 Å². The van der Waals surface area contributed by atoms with E-state index in [0.717, 1.165) is 12.1 Å². The predicted molar refractivity (Wildman–Crippen MR) is 271 cm³/mol. The van der Waals surface area contributed by atoms with E-state index in [1.54, 1.807) is 60.7 Å². The monoisotopic (exact) mass is 1230 g/mol. The van der Waals surface area contributed by atoms with Crippen molar-refractivity contribution < 1.29 is 182 Å². The number of aromatic hydroxyl groups is 4. The first-order chi connectivity index (χ1) is 36.7. The van der Waals surface area contributed by atoms with Gasteiger partial charge in [-0.3, -0.25) is 59.2 Å². The maximum absolute atomic E-state index is 12.4. The Morgan fingerprint density at radius 1 is 0.439 bits per heavy atom. The summed E-state index contributed by atoms with van der Waals surface area (Å²) in [5.41, 5.74) is -5.85. The Morgan fingerprint density at radius 2 is 0.768 bits per heavy atom. The summed E-state index contributed by atoms with van der Waals surface area (Å²) < 4.78 is 68.0. The van der Waals surface area contributed by atoms with Crippen LogP contribution in [-0.2, 0) is 37.6 Å². The van der Waals surface area contributed by atoms with Crippen molar-refractivity contribution in [2.75, 3.05) is 10.6 Å². The molecule has 0 saturated carbocycles. The molecule has 0 atom stereocenters. The Morgan fingerprint density at radius 3 is 1.06 bits per heavy atom. The van der Waals surface area contributed by atoms with Crippen LogP contribution in [0.15, 0.2) is 164 Å². The van der Waals surface area contributed by atoms with Gasteiger partial charge in [-0.15, -0.1) is 20.5 Å². The largest absolute Gasteiger partial charge is 1.00 e. The third-order valence-electron chi connectivity index (χ3n) is 10.7. The van der Waals surface area contributed by atoms with Crippen LogP contribution in [0.4, 0.5) is 56.9 Å². The number of nitrogens with one attached hydrogen (secondary N) is 2. The molecule has 0 aliphatic carbocycles. The van der Waals surface area contributed by atoms with Gasteiger partial charge in [0.05, 0.1) is 31.8 Å². The molecule has 8 aromatic carbocycles. The zero-order valence-electron chi connectivity index (χ0n) is 41.9. The quantitative estimate of drug-likeness (QED) is 0.0247. The molecule has 0 aliphatic heterocycles. The van der Waals surface area contributed by atoms with Gasteiger partial charge in [0.15, 0.2) is 11.5 Å². The summed E-state index contributed by atoms with van der Waals surface area (Å²) >= 11 is 0. The summed E-state index contributed by atoms with van der Waals surface area (Å²) in [4.78, 5) is 63.4. The van der Waals surface area contributed by atoms with Crippen molar-refractivity contribution >= 4 is 110 Å². The normalized spacial score (nSPS) is 11.0. The maximum Gasteiger partial charge on any atom is 1.00 e. The molecule has 0 unspecified atom stereocenters. The van der Waals surface area contributed by atoms with Crippen LogP contribution in [0.1, 0.15) is 20.7 Å². The van der Waals surface area contributed by atoms with Crippen LogP contribution in [0.3, 0.4) is 0 Å².